The number of hydrogen-bond donors (Lipinski definition) is 1. The van der Waals surface area contributed by atoms with E-state index in [1.54, 1.807) is 0 Å². The maximum Gasteiger partial charge on any atom is 0.224 e. The van der Waals surface area contributed by atoms with Crippen LogP contribution in [0, 0.1) is 0 Å². The summed E-state index contributed by atoms with van der Waals surface area (Å²) in [6.45, 7) is 4.19. The predicted octanol–water partition coefficient (Wildman–Crippen LogP) is 2.63. The molecule has 0 spiro atoms. The van der Waals surface area contributed by atoms with Gasteiger partial charge in [-0.05, 0) is 24.1 Å². The fourth-order valence-electron chi connectivity index (χ4n) is 3.00. The maximum atomic E-state index is 12.2. The molecule has 1 aromatic carbocycles. The maximum absolute atomic E-state index is 12.2. The molecule has 0 radical (unpaired) electrons. The van der Waals surface area contributed by atoms with Gasteiger partial charge in [-0.25, -0.2) is 9.97 Å². The standard InChI is InChI=1S/C19H23ClN4O/c1-2-18-22-11-15(12-23-18)10-21-17-9-19(25)24(13-17)7-6-14-4-3-5-16(20)8-14/h3-5,8,11-12,17,21H,2,6-7,9-10,13H2,1H3. The van der Waals surface area contributed by atoms with Gasteiger partial charge in [0, 0.05) is 61.5 Å². The van der Waals surface area contributed by atoms with Gasteiger partial charge in [-0.1, -0.05) is 30.7 Å². The Morgan fingerprint density at radius 3 is 2.80 bits per heavy atom. The van der Waals surface area contributed by atoms with Gasteiger partial charge in [0.05, 0.1) is 0 Å². The number of hydrogen-bond acceptors (Lipinski definition) is 4. The van der Waals surface area contributed by atoms with Crippen molar-refractivity contribution in [3.8, 4) is 0 Å². The molecule has 0 saturated carbocycles. The molecule has 1 unspecified atom stereocenters. The average molecular weight is 359 g/mol. The SMILES string of the molecule is CCc1ncc(CNC2CC(=O)N(CCc3cccc(Cl)c3)C2)cn1. The Kier molecular flexibility index (Phi) is 6.00. The second-order valence-corrected chi connectivity index (χ2v) is 6.80. The zero-order valence-electron chi connectivity index (χ0n) is 14.4. The number of nitrogens with one attached hydrogen (secondary N) is 1. The van der Waals surface area contributed by atoms with Crippen molar-refractivity contribution in [2.45, 2.75) is 38.8 Å². The van der Waals surface area contributed by atoms with Crippen LogP contribution in [-0.2, 0) is 24.2 Å². The highest BCUT2D eigenvalue weighted by atomic mass is 35.5. The summed E-state index contributed by atoms with van der Waals surface area (Å²) >= 11 is 6.01. The van der Waals surface area contributed by atoms with E-state index >= 15 is 0 Å². The number of aromatic nitrogens is 2. The smallest absolute Gasteiger partial charge is 0.224 e. The molecule has 1 fully saturated rings. The first-order chi connectivity index (χ1) is 12.1. The van der Waals surface area contributed by atoms with Crippen LogP contribution in [-0.4, -0.2) is 39.9 Å². The first kappa shape index (κ1) is 17.8. The number of benzene rings is 1. The van der Waals surface area contributed by atoms with Crippen LogP contribution in [0.1, 0.15) is 30.3 Å². The minimum atomic E-state index is 0.178. The molecule has 1 aliphatic rings. The van der Waals surface area contributed by atoms with Gasteiger partial charge >= 0.3 is 0 Å². The van der Waals surface area contributed by atoms with E-state index in [1.165, 1.54) is 0 Å². The van der Waals surface area contributed by atoms with E-state index in [4.69, 9.17) is 11.6 Å². The molecular formula is C19H23ClN4O. The number of nitrogens with zero attached hydrogens (tertiary/aromatic N) is 3. The highest BCUT2D eigenvalue weighted by Gasteiger charge is 2.28. The third kappa shape index (κ3) is 5.00. The Hall–Kier alpha value is -1.98. The van der Waals surface area contributed by atoms with Crippen molar-refractivity contribution >= 4 is 17.5 Å². The quantitative estimate of drug-likeness (QED) is 0.826. The van der Waals surface area contributed by atoms with E-state index in [0.717, 1.165) is 47.9 Å². The summed E-state index contributed by atoms with van der Waals surface area (Å²) < 4.78 is 0. The Labute approximate surface area is 153 Å². The van der Waals surface area contributed by atoms with E-state index < -0.39 is 0 Å². The normalized spacial score (nSPS) is 17.3. The molecule has 2 heterocycles. The number of likely N-dealkylation sites (tertiary alicyclic amines) is 1. The van der Waals surface area contributed by atoms with Crippen molar-refractivity contribution in [1.82, 2.24) is 20.2 Å². The van der Waals surface area contributed by atoms with Crippen LogP contribution in [0.5, 0.6) is 0 Å². The fourth-order valence-corrected chi connectivity index (χ4v) is 3.21. The van der Waals surface area contributed by atoms with Gasteiger partial charge in [-0.15, -0.1) is 0 Å². The van der Waals surface area contributed by atoms with Crippen molar-refractivity contribution in [2.75, 3.05) is 13.1 Å². The summed E-state index contributed by atoms with van der Waals surface area (Å²) in [5.74, 6) is 1.06. The predicted molar refractivity (Wildman–Crippen MR) is 98.4 cm³/mol. The summed E-state index contributed by atoms with van der Waals surface area (Å²) in [5, 5.41) is 4.18. The zero-order chi connectivity index (χ0) is 17.6. The third-order valence-corrected chi connectivity index (χ3v) is 4.68. The summed E-state index contributed by atoms with van der Waals surface area (Å²) in [6, 6.07) is 7.99. The number of halogens is 1. The van der Waals surface area contributed by atoms with Crippen LogP contribution in [0.15, 0.2) is 36.7 Å². The highest BCUT2D eigenvalue weighted by Crippen LogP contribution is 2.15. The lowest BCUT2D eigenvalue weighted by Crippen LogP contribution is -2.33. The summed E-state index contributed by atoms with van der Waals surface area (Å²) in [7, 11) is 0. The van der Waals surface area contributed by atoms with Crippen LogP contribution in [0.4, 0.5) is 0 Å². The molecule has 1 aliphatic heterocycles. The molecular weight excluding hydrogens is 336 g/mol. The summed E-state index contributed by atoms with van der Waals surface area (Å²) in [6.07, 6.45) is 5.92. The van der Waals surface area contributed by atoms with E-state index in [9.17, 15) is 4.79 Å². The third-order valence-electron chi connectivity index (χ3n) is 4.44. The van der Waals surface area contributed by atoms with Crippen LogP contribution in [0.25, 0.3) is 0 Å². The van der Waals surface area contributed by atoms with Gasteiger partial charge in [0.2, 0.25) is 5.91 Å². The van der Waals surface area contributed by atoms with Crippen molar-refractivity contribution in [3.05, 3.63) is 58.6 Å². The second-order valence-electron chi connectivity index (χ2n) is 6.36. The van der Waals surface area contributed by atoms with E-state index in [2.05, 4.69) is 15.3 Å². The molecule has 1 atom stereocenters. The van der Waals surface area contributed by atoms with Crippen molar-refractivity contribution in [3.63, 3.8) is 0 Å². The first-order valence-electron chi connectivity index (χ1n) is 8.69. The van der Waals surface area contributed by atoms with Crippen molar-refractivity contribution < 1.29 is 4.79 Å². The van der Waals surface area contributed by atoms with Crippen molar-refractivity contribution in [2.24, 2.45) is 0 Å². The summed E-state index contributed by atoms with van der Waals surface area (Å²) in [5.41, 5.74) is 2.20. The Morgan fingerprint density at radius 2 is 2.08 bits per heavy atom. The second kappa shape index (κ2) is 8.41. The molecule has 1 saturated heterocycles. The molecule has 25 heavy (non-hydrogen) atoms. The lowest BCUT2D eigenvalue weighted by molar-refractivity contribution is -0.127. The van der Waals surface area contributed by atoms with Crippen LogP contribution >= 0.6 is 11.6 Å². The monoisotopic (exact) mass is 358 g/mol. The summed E-state index contributed by atoms with van der Waals surface area (Å²) in [4.78, 5) is 22.7. The van der Waals surface area contributed by atoms with Crippen LogP contribution in [0.2, 0.25) is 5.02 Å². The average Bonchev–Trinajstić information content (AvgIpc) is 2.98. The largest absolute Gasteiger partial charge is 0.341 e. The molecule has 1 aromatic heterocycles. The molecule has 1 N–H and O–H groups in total. The van der Waals surface area contributed by atoms with Gasteiger partial charge in [0.1, 0.15) is 5.82 Å². The lowest BCUT2D eigenvalue weighted by atomic mass is 10.1. The Bertz CT molecular complexity index is 720. The molecule has 0 aliphatic carbocycles. The van der Waals surface area contributed by atoms with Gasteiger partial charge in [-0.2, -0.15) is 0 Å². The van der Waals surface area contributed by atoms with Gasteiger partial charge < -0.3 is 10.2 Å². The van der Waals surface area contributed by atoms with Gasteiger partial charge in [-0.3, -0.25) is 4.79 Å². The number of aryl methyl sites for hydroxylation is 1. The molecule has 132 valence electrons. The van der Waals surface area contributed by atoms with E-state index in [1.807, 2.05) is 48.5 Å². The first-order valence-corrected chi connectivity index (χ1v) is 9.07. The molecule has 1 amide bonds. The Balaban J connectivity index is 1.46. The van der Waals surface area contributed by atoms with Gasteiger partial charge in [0.25, 0.3) is 0 Å². The van der Waals surface area contributed by atoms with Gasteiger partial charge in [0.15, 0.2) is 0 Å². The molecule has 3 rings (SSSR count). The minimum absolute atomic E-state index is 0.178. The molecule has 0 bridgehead atoms. The Morgan fingerprint density at radius 1 is 1.28 bits per heavy atom. The number of carbonyl (C=O) groups excluding carboxylic acids is 1. The van der Waals surface area contributed by atoms with E-state index in [-0.39, 0.29) is 11.9 Å². The number of rotatable bonds is 7. The van der Waals surface area contributed by atoms with Crippen molar-refractivity contribution in [1.29, 1.82) is 0 Å². The topological polar surface area (TPSA) is 58.1 Å². The zero-order valence-corrected chi connectivity index (χ0v) is 15.2. The fraction of sp³-hybridized carbons (Fsp3) is 0.421. The molecule has 2 aromatic rings. The van der Waals surface area contributed by atoms with Crippen LogP contribution < -0.4 is 5.32 Å². The van der Waals surface area contributed by atoms with E-state index in [0.29, 0.717) is 13.0 Å². The highest BCUT2D eigenvalue weighted by molar-refractivity contribution is 6.30. The molecule has 5 nitrogen and oxygen atoms in total. The molecule has 6 heteroatoms. The minimum Gasteiger partial charge on any atom is -0.341 e. The van der Waals surface area contributed by atoms with Crippen LogP contribution in [0.3, 0.4) is 0 Å². The number of amides is 1. The number of carbonyl (C=O) groups is 1. The lowest BCUT2D eigenvalue weighted by Gasteiger charge is -2.17.